The first-order valence-electron chi connectivity index (χ1n) is 5.84. The normalized spacial score (nSPS) is 15.5. The highest BCUT2D eigenvalue weighted by Gasteiger charge is 2.24. The molecule has 1 aliphatic heterocycles. The number of hydrogen-bond donors (Lipinski definition) is 2. The number of nitrogens with one attached hydrogen (secondary N) is 2. The molecule has 2 aromatic carbocycles. The number of carbonyl (C=O) groups is 1. The van der Waals surface area contributed by atoms with Crippen LogP contribution in [0.3, 0.4) is 0 Å². The fraction of sp³-hybridized carbons (Fsp3) is 0.214. The predicted octanol–water partition coefficient (Wildman–Crippen LogP) is 2.00. The van der Waals surface area contributed by atoms with Gasteiger partial charge in [-0.2, -0.15) is 0 Å². The summed E-state index contributed by atoms with van der Waals surface area (Å²) in [6, 6.07) is 14.0. The number of amides is 1. The van der Waals surface area contributed by atoms with Gasteiger partial charge in [-0.25, -0.2) is 0 Å². The third-order valence-corrected chi connectivity index (χ3v) is 3.20. The summed E-state index contributed by atoms with van der Waals surface area (Å²) in [5.74, 6) is 0.231. The molecular formula is C14H14N2O. The van der Waals surface area contributed by atoms with Crippen LogP contribution in [0.15, 0.2) is 42.5 Å². The SMILES string of the molecule is O=C(Nc1cccc2ccccc12)C1CNC1. The molecule has 0 spiro atoms. The van der Waals surface area contributed by atoms with Gasteiger partial charge in [-0.05, 0) is 11.5 Å². The lowest BCUT2D eigenvalue weighted by atomic mass is 10.0. The minimum Gasteiger partial charge on any atom is -0.325 e. The largest absolute Gasteiger partial charge is 0.325 e. The summed E-state index contributed by atoms with van der Waals surface area (Å²) in [7, 11) is 0. The molecule has 0 unspecified atom stereocenters. The van der Waals surface area contributed by atoms with Crippen LogP contribution in [0.1, 0.15) is 0 Å². The van der Waals surface area contributed by atoms with E-state index in [4.69, 9.17) is 0 Å². The first kappa shape index (κ1) is 10.3. The van der Waals surface area contributed by atoms with Gasteiger partial charge in [0.25, 0.3) is 0 Å². The molecule has 1 fully saturated rings. The molecule has 86 valence electrons. The van der Waals surface area contributed by atoms with E-state index in [0.29, 0.717) is 0 Å². The van der Waals surface area contributed by atoms with E-state index in [2.05, 4.69) is 22.8 Å². The van der Waals surface area contributed by atoms with Gasteiger partial charge in [0.2, 0.25) is 5.91 Å². The number of fused-ring (bicyclic) bond motifs is 1. The Bertz CT molecular complexity index is 556. The molecule has 2 N–H and O–H groups in total. The second-order valence-electron chi connectivity index (χ2n) is 4.37. The number of benzene rings is 2. The topological polar surface area (TPSA) is 41.1 Å². The van der Waals surface area contributed by atoms with E-state index in [1.165, 1.54) is 0 Å². The molecule has 0 bridgehead atoms. The van der Waals surface area contributed by atoms with Crippen molar-refractivity contribution < 1.29 is 4.79 Å². The van der Waals surface area contributed by atoms with Crippen LogP contribution in [-0.4, -0.2) is 19.0 Å². The summed E-state index contributed by atoms with van der Waals surface area (Å²) in [6.45, 7) is 1.58. The van der Waals surface area contributed by atoms with Gasteiger partial charge in [0, 0.05) is 24.2 Å². The smallest absolute Gasteiger partial charge is 0.230 e. The highest BCUT2D eigenvalue weighted by atomic mass is 16.2. The van der Waals surface area contributed by atoms with Crippen molar-refractivity contribution >= 4 is 22.4 Å². The fourth-order valence-corrected chi connectivity index (χ4v) is 2.04. The van der Waals surface area contributed by atoms with E-state index in [1.54, 1.807) is 0 Å². The molecule has 3 rings (SSSR count). The van der Waals surface area contributed by atoms with Gasteiger partial charge in [-0.1, -0.05) is 36.4 Å². The van der Waals surface area contributed by atoms with E-state index >= 15 is 0 Å². The molecule has 0 atom stereocenters. The first-order chi connectivity index (χ1) is 8.34. The summed E-state index contributed by atoms with van der Waals surface area (Å²) in [5.41, 5.74) is 0.903. The van der Waals surface area contributed by atoms with Gasteiger partial charge in [-0.3, -0.25) is 4.79 Å². The van der Waals surface area contributed by atoms with Crippen LogP contribution >= 0.6 is 0 Å². The predicted molar refractivity (Wildman–Crippen MR) is 68.9 cm³/mol. The van der Waals surface area contributed by atoms with Crippen molar-refractivity contribution in [1.29, 1.82) is 0 Å². The van der Waals surface area contributed by atoms with Crippen molar-refractivity contribution in [3.63, 3.8) is 0 Å². The van der Waals surface area contributed by atoms with Gasteiger partial charge in [0.05, 0.1) is 5.92 Å². The third kappa shape index (κ3) is 1.89. The molecule has 1 amide bonds. The maximum atomic E-state index is 11.9. The number of rotatable bonds is 2. The van der Waals surface area contributed by atoms with E-state index in [9.17, 15) is 4.79 Å². The van der Waals surface area contributed by atoms with E-state index in [-0.39, 0.29) is 11.8 Å². The lowest BCUT2D eigenvalue weighted by Gasteiger charge is -2.26. The fourth-order valence-electron chi connectivity index (χ4n) is 2.04. The van der Waals surface area contributed by atoms with Gasteiger partial charge >= 0.3 is 0 Å². The maximum Gasteiger partial charge on any atom is 0.230 e. The molecule has 2 aromatic rings. The monoisotopic (exact) mass is 226 g/mol. The summed E-state index contributed by atoms with van der Waals surface area (Å²) in [4.78, 5) is 11.9. The summed E-state index contributed by atoms with van der Waals surface area (Å²) < 4.78 is 0. The molecule has 1 saturated heterocycles. The molecule has 17 heavy (non-hydrogen) atoms. The molecule has 3 nitrogen and oxygen atoms in total. The van der Waals surface area contributed by atoms with Crippen molar-refractivity contribution in [2.75, 3.05) is 18.4 Å². The number of anilines is 1. The lowest BCUT2D eigenvalue weighted by molar-refractivity contribution is -0.121. The van der Waals surface area contributed by atoms with Crippen molar-refractivity contribution in [2.45, 2.75) is 0 Å². The summed E-state index contributed by atoms with van der Waals surface area (Å²) in [6.07, 6.45) is 0. The van der Waals surface area contributed by atoms with E-state index in [1.807, 2.05) is 30.3 Å². The van der Waals surface area contributed by atoms with Crippen LogP contribution in [0.2, 0.25) is 0 Å². The summed E-state index contributed by atoms with van der Waals surface area (Å²) in [5, 5.41) is 8.36. The Labute approximate surface area is 99.8 Å². The third-order valence-electron chi connectivity index (χ3n) is 3.20. The molecule has 0 radical (unpaired) electrons. The van der Waals surface area contributed by atoms with Crippen LogP contribution in [0.4, 0.5) is 5.69 Å². The quantitative estimate of drug-likeness (QED) is 0.822. The second-order valence-corrected chi connectivity index (χ2v) is 4.37. The Morgan fingerprint density at radius 3 is 2.65 bits per heavy atom. The Kier molecular flexibility index (Phi) is 2.53. The van der Waals surface area contributed by atoms with E-state index < -0.39 is 0 Å². The Hall–Kier alpha value is -1.87. The highest BCUT2D eigenvalue weighted by Crippen LogP contribution is 2.23. The molecular weight excluding hydrogens is 212 g/mol. The number of carbonyl (C=O) groups excluding carboxylic acids is 1. The van der Waals surface area contributed by atoms with Crippen molar-refractivity contribution in [2.24, 2.45) is 5.92 Å². The zero-order chi connectivity index (χ0) is 11.7. The minimum absolute atomic E-state index is 0.111. The minimum atomic E-state index is 0.111. The highest BCUT2D eigenvalue weighted by molar-refractivity contribution is 6.03. The lowest BCUT2D eigenvalue weighted by Crippen LogP contribution is -2.48. The molecule has 1 aliphatic rings. The van der Waals surface area contributed by atoms with Gasteiger partial charge in [0.1, 0.15) is 0 Å². The van der Waals surface area contributed by atoms with Crippen LogP contribution < -0.4 is 10.6 Å². The van der Waals surface area contributed by atoms with E-state index in [0.717, 1.165) is 29.5 Å². The molecule has 1 heterocycles. The molecule has 0 saturated carbocycles. The van der Waals surface area contributed by atoms with Gasteiger partial charge in [0.15, 0.2) is 0 Å². The Morgan fingerprint density at radius 2 is 1.88 bits per heavy atom. The number of hydrogen-bond acceptors (Lipinski definition) is 2. The van der Waals surface area contributed by atoms with Crippen LogP contribution in [0.25, 0.3) is 10.8 Å². The van der Waals surface area contributed by atoms with Gasteiger partial charge in [-0.15, -0.1) is 0 Å². The maximum absolute atomic E-state index is 11.9. The standard InChI is InChI=1S/C14H14N2O/c17-14(11-8-15-9-11)16-13-7-3-5-10-4-1-2-6-12(10)13/h1-7,11,15H,8-9H2,(H,16,17). The molecule has 0 aliphatic carbocycles. The second kappa shape index (κ2) is 4.18. The van der Waals surface area contributed by atoms with Crippen molar-refractivity contribution in [1.82, 2.24) is 5.32 Å². The summed E-state index contributed by atoms with van der Waals surface area (Å²) >= 11 is 0. The van der Waals surface area contributed by atoms with Crippen LogP contribution in [-0.2, 0) is 4.79 Å². The Morgan fingerprint density at radius 1 is 1.12 bits per heavy atom. The average molecular weight is 226 g/mol. The average Bonchev–Trinajstić information content (AvgIpc) is 2.27. The van der Waals surface area contributed by atoms with Crippen molar-refractivity contribution in [3.8, 4) is 0 Å². The molecule has 0 aromatic heterocycles. The Balaban J connectivity index is 1.91. The molecule has 3 heteroatoms. The zero-order valence-electron chi connectivity index (χ0n) is 9.44. The first-order valence-corrected chi connectivity index (χ1v) is 5.84. The van der Waals surface area contributed by atoms with Crippen molar-refractivity contribution in [3.05, 3.63) is 42.5 Å². The van der Waals surface area contributed by atoms with Crippen LogP contribution in [0, 0.1) is 5.92 Å². The van der Waals surface area contributed by atoms with Gasteiger partial charge < -0.3 is 10.6 Å². The van der Waals surface area contributed by atoms with Crippen LogP contribution in [0.5, 0.6) is 0 Å². The zero-order valence-corrected chi connectivity index (χ0v) is 9.44.